The zero-order valence-corrected chi connectivity index (χ0v) is 16.5. The third-order valence-corrected chi connectivity index (χ3v) is 5.99. The third-order valence-electron chi connectivity index (χ3n) is 5.99. The van der Waals surface area contributed by atoms with E-state index in [4.69, 9.17) is 9.72 Å². The molecule has 3 rings (SSSR count). The summed E-state index contributed by atoms with van der Waals surface area (Å²) in [5.74, 6) is 2.26. The molecule has 6 heteroatoms. The van der Waals surface area contributed by atoms with Crippen LogP contribution in [0.3, 0.4) is 0 Å². The predicted octanol–water partition coefficient (Wildman–Crippen LogP) is 2.59. The maximum atomic E-state index is 12.3. The normalized spacial score (nSPS) is 20.0. The highest BCUT2D eigenvalue weighted by atomic mass is 16.5. The van der Waals surface area contributed by atoms with Crippen molar-refractivity contribution in [1.82, 2.24) is 14.9 Å². The van der Waals surface area contributed by atoms with E-state index in [-0.39, 0.29) is 5.41 Å². The van der Waals surface area contributed by atoms with E-state index >= 15 is 0 Å². The van der Waals surface area contributed by atoms with Crippen LogP contribution in [0.25, 0.3) is 0 Å². The van der Waals surface area contributed by atoms with Gasteiger partial charge in [0, 0.05) is 58.1 Å². The van der Waals surface area contributed by atoms with Gasteiger partial charge in [-0.2, -0.15) is 0 Å². The van der Waals surface area contributed by atoms with Crippen LogP contribution in [0.5, 0.6) is 0 Å². The summed E-state index contributed by atoms with van der Waals surface area (Å²) in [6.45, 7) is 8.60. The summed E-state index contributed by atoms with van der Waals surface area (Å²) in [7, 11) is 1.72. The molecule has 2 fully saturated rings. The molecule has 0 radical (unpaired) electrons. The van der Waals surface area contributed by atoms with Crippen LogP contribution in [-0.4, -0.2) is 60.7 Å². The van der Waals surface area contributed by atoms with Crippen molar-refractivity contribution >= 4 is 11.7 Å². The predicted molar refractivity (Wildman–Crippen MR) is 102 cm³/mol. The van der Waals surface area contributed by atoms with Crippen molar-refractivity contribution in [3.05, 3.63) is 17.6 Å². The van der Waals surface area contributed by atoms with Crippen LogP contribution in [0, 0.1) is 12.3 Å². The largest absolute Gasteiger partial charge is 0.385 e. The molecule has 2 aliphatic heterocycles. The molecule has 1 aromatic rings. The fourth-order valence-corrected chi connectivity index (χ4v) is 4.31. The quantitative estimate of drug-likeness (QED) is 0.730. The fraction of sp³-hybridized carbons (Fsp3) is 0.750. The Hall–Kier alpha value is -1.69. The minimum absolute atomic E-state index is 0.284. The standard InChI is InChI=1S/C20H32N4O2/c1-4-17-14-21-16(2)22-19(17)23-11-8-20(9-12-23)7-6-18(25)24(15-20)10-5-13-26-3/h14H,4-13,15H2,1-3H3. The number of hydrogen-bond acceptors (Lipinski definition) is 5. The molecule has 0 N–H and O–H groups in total. The Labute approximate surface area is 156 Å². The Morgan fingerprint density at radius 3 is 2.73 bits per heavy atom. The van der Waals surface area contributed by atoms with Gasteiger partial charge < -0.3 is 14.5 Å². The molecule has 0 aromatic carbocycles. The van der Waals surface area contributed by atoms with E-state index in [1.807, 2.05) is 13.1 Å². The minimum Gasteiger partial charge on any atom is -0.385 e. The van der Waals surface area contributed by atoms with E-state index in [2.05, 4.69) is 21.7 Å². The number of carbonyl (C=O) groups excluding carboxylic acids is 1. The molecule has 0 unspecified atom stereocenters. The zero-order valence-electron chi connectivity index (χ0n) is 16.5. The second-order valence-corrected chi connectivity index (χ2v) is 7.77. The first kappa shape index (κ1) is 19.1. The minimum atomic E-state index is 0.284. The lowest BCUT2D eigenvalue weighted by Crippen LogP contribution is -2.52. The summed E-state index contributed by atoms with van der Waals surface area (Å²) in [6.07, 6.45) is 7.84. The number of aromatic nitrogens is 2. The van der Waals surface area contributed by atoms with Gasteiger partial charge in [-0.15, -0.1) is 0 Å². The van der Waals surface area contributed by atoms with Gasteiger partial charge in [-0.1, -0.05) is 6.92 Å². The SMILES string of the molecule is CCc1cnc(C)nc1N1CCC2(CCC(=O)N(CCCOC)C2)CC1. The first-order chi connectivity index (χ1) is 12.6. The molecule has 0 bridgehead atoms. The zero-order chi connectivity index (χ0) is 18.6. The summed E-state index contributed by atoms with van der Waals surface area (Å²) in [6, 6.07) is 0. The topological polar surface area (TPSA) is 58.6 Å². The number of ether oxygens (including phenoxy) is 1. The van der Waals surface area contributed by atoms with E-state index in [0.29, 0.717) is 12.3 Å². The fourth-order valence-electron chi connectivity index (χ4n) is 4.31. The molecular weight excluding hydrogens is 328 g/mol. The van der Waals surface area contributed by atoms with Crippen molar-refractivity contribution in [3.8, 4) is 0 Å². The maximum Gasteiger partial charge on any atom is 0.222 e. The summed E-state index contributed by atoms with van der Waals surface area (Å²) >= 11 is 0. The van der Waals surface area contributed by atoms with E-state index in [9.17, 15) is 4.79 Å². The smallest absolute Gasteiger partial charge is 0.222 e. The van der Waals surface area contributed by atoms with Crippen molar-refractivity contribution in [1.29, 1.82) is 0 Å². The number of nitrogens with zero attached hydrogens (tertiary/aromatic N) is 4. The number of hydrogen-bond donors (Lipinski definition) is 0. The number of likely N-dealkylation sites (tertiary alicyclic amines) is 1. The summed E-state index contributed by atoms with van der Waals surface area (Å²) in [5, 5.41) is 0. The van der Waals surface area contributed by atoms with E-state index in [0.717, 1.165) is 76.5 Å². The number of rotatable bonds is 6. The average Bonchev–Trinajstić information content (AvgIpc) is 2.65. The lowest BCUT2D eigenvalue weighted by molar-refractivity contribution is -0.138. The molecule has 1 amide bonds. The number of anilines is 1. The van der Waals surface area contributed by atoms with Gasteiger partial charge in [-0.05, 0) is 44.4 Å². The van der Waals surface area contributed by atoms with Crippen LogP contribution in [0.1, 0.15) is 50.4 Å². The van der Waals surface area contributed by atoms with Crippen molar-refractivity contribution < 1.29 is 9.53 Å². The Balaban J connectivity index is 1.64. The monoisotopic (exact) mass is 360 g/mol. The molecule has 0 aliphatic carbocycles. The number of carbonyl (C=O) groups is 1. The van der Waals surface area contributed by atoms with Gasteiger partial charge in [-0.25, -0.2) is 9.97 Å². The first-order valence-corrected chi connectivity index (χ1v) is 9.91. The third kappa shape index (κ3) is 4.17. The highest BCUT2D eigenvalue weighted by Gasteiger charge is 2.41. The van der Waals surface area contributed by atoms with E-state index in [1.165, 1.54) is 5.56 Å². The van der Waals surface area contributed by atoms with Gasteiger partial charge in [0.1, 0.15) is 11.6 Å². The second kappa shape index (κ2) is 8.33. The lowest BCUT2D eigenvalue weighted by Gasteiger charge is -2.48. The summed E-state index contributed by atoms with van der Waals surface area (Å²) in [4.78, 5) is 25.8. The molecule has 1 aromatic heterocycles. The molecular formula is C20H32N4O2. The molecule has 1 spiro atoms. The highest BCUT2D eigenvalue weighted by Crippen LogP contribution is 2.41. The number of amides is 1. The van der Waals surface area contributed by atoms with Gasteiger partial charge in [-0.3, -0.25) is 4.79 Å². The summed E-state index contributed by atoms with van der Waals surface area (Å²) < 4.78 is 5.14. The Morgan fingerprint density at radius 2 is 2.04 bits per heavy atom. The number of piperidine rings is 2. The van der Waals surface area contributed by atoms with Crippen molar-refractivity contribution in [3.63, 3.8) is 0 Å². The molecule has 0 saturated carbocycles. The van der Waals surface area contributed by atoms with Gasteiger partial charge in [0.05, 0.1) is 0 Å². The van der Waals surface area contributed by atoms with Crippen molar-refractivity contribution in [2.75, 3.05) is 44.8 Å². The Kier molecular flexibility index (Phi) is 6.12. The molecule has 3 heterocycles. The van der Waals surface area contributed by atoms with Crippen LogP contribution in [-0.2, 0) is 16.0 Å². The van der Waals surface area contributed by atoms with Gasteiger partial charge in [0.25, 0.3) is 0 Å². The molecule has 6 nitrogen and oxygen atoms in total. The van der Waals surface area contributed by atoms with Gasteiger partial charge in [0.15, 0.2) is 0 Å². The maximum absolute atomic E-state index is 12.3. The number of aryl methyl sites for hydroxylation is 2. The molecule has 144 valence electrons. The van der Waals surface area contributed by atoms with Crippen LogP contribution < -0.4 is 4.90 Å². The van der Waals surface area contributed by atoms with Crippen LogP contribution in [0.15, 0.2) is 6.20 Å². The molecule has 2 aliphatic rings. The number of methoxy groups -OCH3 is 1. The van der Waals surface area contributed by atoms with Crippen molar-refractivity contribution in [2.45, 2.75) is 52.4 Å². The van der Waals surface area contributed by atoms with E-state index < -0.39 is 0 Å². The van der Waals surface area contributed by atoms with Gasteiger partial charge >= 0.3 is 0 Å². The molecule has 2 saturated heterocycles. The summed E-state index contributed by atoms with van der Waals surface area (Å²) in [5.41, 5.74) is 1.51. The molecule has 26 heavy (non-hydrogen) atoms. The molecule has 0 atom stereocenters. The van der Waals surface area contributed by atoms with Crippen LogP contribution in [0.2, 0.25) is 0 Å². The lowest BCUT2D eigenvalue weighted by atomic mass is 9.72. The second-order valence-electron chi connectivity index (χ2n) is 7.77. The first-order valence-electron chi connectivity index (χ1n) is 9.91. The van der Waals surface area contributed by atoms with Crippen LogP contribution in [0.4, 0.5) is 5.82 Å². The van der Waals surface area contributed by atoms with E-state index in [1.54, 1.807) is 7.11 Å². The Morgan fingerprint density at radius 1 is 1.27 bits per heavy atom. The van der Waals surface area contributed by atoms with Gasteiger partial charge in [0.2, 0.25) is 5.91 Å². The van der Waals surface area contributed by atoms with Crippen molar-refractivity contribution in [2.24, 2.45) is 5.41 Å². The average molecular weight is 361 g/mol. The highest BCUT2D eigenvalue weighted by molar-refractivity contribution is 5.77. The van der Waals surface area contributed by atoms with Crippen LogP contribution >= 0.6 is 0 Å². The Bertz CT molecular complexity index is 626.